The molecule has 5 rings (SSSR count). The number of carbonyl (C=O) groups is 4. The molecule has 4 atom stereocenters. The maximum atomic E-state index is 13.6. The van der Waals surface area contributed by atoms with Gasteiger partial charge in [0.15, 0.2) is 0 Å². The monoisotopic (exact) mass is 438 g/mol. The van der Waals surface area contributed by atoms with Crippen LogP contribution in [0.25, 0.3) is 0 Å². The number of halogens is 1. The Labute approximate surface area is 182 Å². The highest BCUT2D eigenvalue weighted by molar-refractivity contribution is 6.31. The molecule has 31 heavy (non-hydrogen) atoms. The van der Waals surface area contributed by atoms with E-state index in [0.29, 0.717) is 16.3 Å². The zero-order chi connectivity index (χ0) is 21.9. The molecule has 3 aliphatic rings. The van der Waals surface area contributed by atoms with Gasteiger partial charge in [0.25, 0.3) is 0 Å². The minimum atomic E-state index is -1.50. The van der Waals surface area contributed by atoms with Gasteiger partial charge in [-0.05, 0) is 23.8 Å². The molecule has 0 aliphatic carbocycles. The zero-order valence-electron chi connectivity index (χ0n) is 16.3. The second-order valence-corrected chi connectivity index (χ2v) is 8.56. The van der Waals surface area contributed by atoms with Crippen molar-refractivity contribution in [3.8, 4) is 0 Å². The number of imide groups is 1. The Kier molecular flexibility index (Phi) is 4.39. The number of amides is 4. The molecule has 1 spiro atoms. The van der Waals surface area contributed by atoms with Crippen LogP contribution < -0.4 is 16.4 Å². The standard InChI is InChI=1S/C22H19ClN4O4/c23-12-6-7-14-13(8-12)22(21(31)25-14)18-17(15(26-22)9-16(24)28)19(29)27(20(18)30)10-11-4-2-1-3-5-11/h1-8,15,17-18,26H,9-10H2,(H2,24,28)(H,25,31)/t15-,17+,18-,22-/m0/s1. The summed E-state index contributed by atoms with van der Waals surface area (Å²) in [6.45, 7) is 0.0922. The minimum Gasteiger partial charge on any atom is -0.370 e. The number of carbonyl (C=O) groups excluding carboxylic acids is 4. The average Bonchev–Trinajstić information content (AvgIpc) is 3.29. The van der Waals surface area contributed by atoms with Crippen LogP contribution in [0.4, 0.5) is 5.69 Å². The van der Waals surface area contributed by atoms with Gasteiger partial charge in [0, 0.05) is 28.7 Å². The van der Waals surface area contributed by atoms with E-state index in [1.165, 1.54) is 4.90 Å². The molecule has 0 aromatic heterocycles. The molecule has 9 heteroatoms. The lowest BCUT2D eigenvalue weighted by Gasteiger charge is -2.29. The van der Waals surface area contributed by atoms with E-state index in [9.17, 15) is 19.2 Å². The molecule has 0 unspecified atom stereocenters. The third-order valence-electron chi connectivity index (χ3n) is 6.37. The Morgan fingerprint density at radius 1 is 1.10 bits per heavy atom. The van der Waals surface area contributed by atoms with Gasteiger partial charge in [0.1, 0.15) is 5.54 Å². The van der Waals surface area contributed by atoms with Gasteiger partial charge in [0.2, 0.25) is 23.6 Å². The topological polar surface area (TPSA) is 122 Å². The van der Waals surface area contributed by atoms with Crippen LogP contribution in [0.15, 0.2) is 48.5 Å². The Morgan fingerprint density at radius 3 is 2.55 bits per heavy atom. The van der Waals surface area contributed by atoms with Crippen molar-refractivity contribution >= 4 is 40.9 Å². The quantitative estimate of drug-likeness (QED) is 0.618. The van der Waals surface area contributed by atoms with Gasteiger partial charge >= 0.3 is 0 Å². The lowest BCUT2D eigenvalue weighted by Crippen LogP contribution is -2.53. The number of hydrogen-bond donors (Lipinski definition) is 3. The molecule has 0 saturated carbocycles. The maximum Gasteiger partial charge on any atom is 0.250 e. The lowest BCUT2D eigenvalue weighted by molar-refractivity contribution is -0.143. The number of hydrogen-bond acceptors (Lipinski definition) is 5. The minimum absolute atomic E-state index is 0.0922. The second-order valence-electron chi connectivity index (χ2n) is 8.12. The van der Waals surface area contributed by atoms with E-state index in [2.05, 4.69) is 10.6 Å². The van der Waals surface area contributed by atoms with E-state index in [-0.39, 0.29) is 13.0 Å². The van der Waals surface area contributed by atoms with E-state index in [0.717, 1.165) is 5.56 Å². The largest absolute Gasteiger partial charge is 0.370 e. The van der Waals surface area contributed by atoms with Crippen molar-refractivity contribution in [3.63, 3.8) is 0 Å². The molecule has 3 heterocycles. The van der Waals surface area contributed by atoms with Crippen molar-refractivity contribution in [3.05, 3.63) is 64.7 Å². The van der Waals surface area contributed by atoms with Crippen LogP contribution in [-0.2, 0) is 31.3 Å². The number of nitrogens with one attached hydrogen (secondary N) is 2. The van der Waals surface area contributed by atoms with E-state index in [4.69, 9.17) is 17.3 Å². The van der Waals surface area contributed by atoms with Crippen LogP contribution in [0, 0.1) is 11.8 Å². The number of likely N-dealkylation sites (tertiary alicyclic amines) is 1. The first-order valence-electron chi connectivity index (χ1n) is 9.89. The highest BCUT2D eigenvalue weighted by atomic mass is 35.5. The average molecular weight is 439 g/mol. The van der Waals surface area contributed by atoms with Crippen LogP contribution in [-0.4, -0.2) is 34.6 Å². The van der Waals surface area contributed by atoms with Gasteiger partial charge in [-0.15, -0.1) is 0 Å². The number of rotatable bonds is 4. The summed E-state index contributed by atoms with van der Waals surface area (Å²) in [4.78, 5) is 53.1. The number of anilines is 1. The molecular weight excluding hydrogens is 420 g/mol. The smallest absolute Gasteiger partial charge is 0.250 e. The molecule has 3 aliphatic heterocycles. The van der Waals surface area contributed by atoms with Crippen molar-refractivity contribution in [1.29, 1.82) is 0 Å². The Balaban J connectivity index is 1.62. The summed E-state index contributed by atoms with van der Waals surface area (Å²) < 4.78 is 0. The molecule has 4 N–H and O–H groups in total. The summed E-state index contributed by atoms with van der Waals surface area (Å²) in [6.07, 6.45) is -0.176. The fourth-order valence-corrected chi connectivity index (χ4v) is 5.32. The maximum absolute atomic E-state index is 13.6. The summed E-state index contributed by atoms with van der Waals surface area (Å²) in [5.41, 5.74) is 5.73. The Morgan fingerprint density at radius 2 is 1.84 bits per heavy atom. The molecule has 0 bridgehead atoms. The summed E-state index contributed by atoms with van der Waals surface area (Å²) in [5, 5.41) is 6.32. The molecule has 2 fully saturated rings. The highest BCUT2D eigenvalue weighted by Crippen LogP contribution is 2.53. The second kappa shape index (κ2) is 6.90. The number of fused-ring (bicyclic) bond motifs is 4. The summed E-state index contributed by atoms with van der Waals surface area (Å²) in [7, 11) is 0. The van der Waals surface area contributed by atoms with Crippen molar-refractivity contribution < 1.29 is 19.2 Å². The predicted molar refractivity (Wildman–Crippen MR) is 111 cm³/mol. The van der Waals surface area contributed by atoms with E-state index in [1.54, 1.807) is 18.2 Å². The predicted octanol–water partition coefficient (Wildman–Crippen LogP) is 1.14. The fourth-order valence-electron chi connectivity index (χ4n) is 5.15. The molecule has 2 aromatic carbocycles. The van der Waals surface area contributed by atoms with Crippen LogP contribution in [0.1, 0.15) is 17.5 Å². The molecule has 0 radical (unpaired) electrons. The van der Waals surface area contributed by atoms with Crippen LogP contribution in [0.3, 0.4) is 0 Å². The fraction of sp³-hybridized carbons (Fsp3) is 0.273. The first kappa shape index (κ1) is 19.7. The summed E-state index contributed by atoms with van der Waals surface area (Å²) in [5.74, 6) is -3.85. The van der Waals surface area contributed by atoms with Crippen molar-refractivity contribution in [1.82, 2.24) is 10.2 Å². The Hall–Kier alpha value is -3.23. The summed E-state index contributed by atoms with van der Waals surface area (Å²) in [6, 6.07) is 13.3. The first-order valence-corrected chi connectivity index (χ1v) is 10.3. The zero-order valence-corrected chi connectivity index (χ0v) is 17.1. The third kappa shape index (κ3) is 2.79. The third-order valence-corrected chi connectivity index (χ3v) is 6.61. The first-order chi connectivity index (χ1) is 14.8. The van der Waals surface area contributed by atoms with Crippen molar-refractivity contribution in [2.24, 2.45) is 17.6 Å². The van der Waals surface area contributed by atoms with E-state index >= 15 is 0 Å². The molecular formula is C22H19ClN4O4. The normalized spacial score (nSPS) is 28.7. The van der Waals surface area contributed by atoms with Crippen LogP contribution in [0.5, 0.6) is 0 Å². The van der Waals surface area contributed by atoms with Gasteiger partial charge in [-0.2, -0.15) is 0 Å². The summed E-state index contributed by atoms with van der Waals surface area (Å²) >= 11 is 6.19. The van der Waals surface area contributed by atoms with Crippen molar-refractivity contribution in [2.45, 2.75) is 24.5 Å². The Bertz CT molecular complexity index is 1140. The van der Waals surface area contributed by atoms with Crippen LogP contribution >= 0.6 is 11.6 Å². The number of benzene rings is 2. The SMILES string of the molecule is NC(=O)C[C@@H]1N[C@]2(C(=O)Nc3ccc(Cl)cc32)[C@@H]2C(=O)N(Cc3ccccc3)C(=O)[C@H]12. The lowest BCUT2D eigenvalue weighted by atomic mass is 9.76. The van der Waals surface area contributed by atoms with Gasteiger partial charge in [-0.3, -0.25) is 29.4 Å². The van der Waals surface area contributed by atoms with E-state index in [1.807, 2.05) is 30.3 Å². The number of nitrogens with zero attached hydrogens (tertiary/aromatic N) is 1. The van der Waals surface area contributed by atoms with Crippen molar-refractivity contribution in [2.75, 3.05) is 5.32 Å². The van der Waals surface area contributed by atoms with Gasteiger partial charge < -0.3 is 11.1 Å². The van der Waals surface area contributed by atoms with E-state index < -0.39 is 47.0 Å². The van der Waals surface area contributed by atoms with Gasteiger partial charge in [-0.25, -0.2) is 0 Å². The molecule has 158 valence electrons. The molecule has 8 nitrogen and oxygen atoms in total. The highest BCUT2D eigenvalue weighted by Gasteiger charge is 2.70. The number of nitrogens with two attached hydrogens (primary N) is 1. The van der Waals surface area contributed by atoms with Crippen LogP contribution in [0.2, 0.25) is 5.02 Å². The molecule has 2 aromatic rings. The number of primary amides is 1. The van der Waals surface area contributed by atoms with Gasteiger partial charge in [0.05, 0.1) is 18.4 Å². The molecule has 2 saturated heterocycles. The molecule has 4 amide bonds. The van der Waals surface area contributed by atoms with Gasteiger partial charge in [-0.1, -0.05) is 41.9 Å².